The van der Waals surface area contributed by atoms with Crippen LogP contribution in [0.25, 0.3) is 0 Å². The minimum absolute atomic E-state index is 0.0135. The van der Waals surface area contributed by atoms with Gasteiger partial charge in [0.2, 0.25) is 11.8 Å². The van der Waals surface area contributed by atoms with Crippen LogP contribution < -0.4 is 16.0 Å². The molecule has 0 bridgehead atoms. The summed E-state index contributed by atoms with van der Waals surface area (Å²) in [6.07, 6.45) is 2.01. The highest BCUT2D eigenvalue weighted by Gasteiger charge is 2.43. The molecule has 36 heavy (non-hydrogen) atoms. The fourth-order valence-corrected chi connectivity index (χ4v) is 5.38. The third-order valence-electron chi connectivity index (χ3n) is 7.41. The van der Waals surface area contributed by atoms with Crippen LogP contribution in [0.5, 0.6) is 0 Å². The van der Waals surface area contributed by atoms with E-state index in [0.29, 0.717) is 19.1 Å². The smallest absolute Gasteiger partial charge is 0.236 e. The molecule has 210 valence electrons. The van der Waals surface area contributed by atoms with Crippen molar-refractivity contribution in [1.29, 1.82) is 0 Å². The first-order chi connectivity index (χ1) is 16.3. The summed E-state index contributed by atoms with van der Waals surface area (Å²) in [6.45, 7) is 29.0. The Morgan fingerprint density at radius 3 is 1.81 bits per heavy atom. The molecule has 2 aliphatic rings. The van der Waals surface area contributed by atoms with Gasteiger partial charge < -0.3 is 20.9 Å². The molecule has 0 spiro atoms. The molecule has 2 atom stereocenters. The standard InChI is InChI=1S/C28H56N6O2/c1-25(2,3)29-18-23(35)31-21-16-22(34(20-21)27(7,8)9)17-28(10,11)33-14-12-32(13-15-33)24(36)19-30-26(4,5)6/h21-22,29-30H,12-20H2,1-11H3,(H,31,35)/t21-,22?/m1/s1. The Morgan fingerprint density at radius 1 is 0.778 bits per heavy atom. The van der Waals surface area contributed by atoms with E-state index in [2.05, 4.69) is 102 Å². The molecule has 0 aromatic carbocycles. The molecule has 0 aromatic heterocycles. The van der Waals surface area contributed by atoms with Crippen molar-refractivity contribution in [2.24, 2.45) is 0 Å². The number of hydrogen-bond donors (Lipinski definition) is 3. The van der Waals surface area contributed by atoms with E-state index in [1.54, 1.807) is 0 Å². The zero-order valence-corrected chi connectivity index (χ0v) is 25.2. The summed E-state index contributed by atoms with van der Waals surface area (Å²) in [4.78, 5) is 32.4. The Bertz CT molecular complexity index is 739. The number of carbonyl (C=O) groups excluding carboxylic acids is 2. The number of amides is 2. The van der Waals surface area contributed by atoms with Crippen LogP contribution in [0, 0.1) is 0 Å². The van der Waals surface area contributed by atoms with Gasteiger partial charge in [-0.25, -0.2) is 0 Å². The molecule has 2 aliphatic heterocycles. The molecule has 1 unspecified atom stereocenters. The van der Waals surface area contributed by atoms with Gasteiger partial charge in [-0.05, 0) is 89.0 Å². The Morgan fingerprint density at radius 2 is 1.31 bits per heavy atom. The summed E-state index contributed by atoms with van der Waals surface area (Å²) in [5, 5.41) is 9.89. The summed E-state index contributed by atoms with van der Waals surface area (Å²) in [5.74, 6) is 0.266. The van der Waals surface area contributed by atoms with E-state index in [0.717, 1.165) is 45.6 Å². The summed E-state index contributed by atoms with van der Waals surface area (Å²) in [5.41, 5.74) is -0.0798. The maximum Gasteiger partial charge on any atom is 0.236 e. The average molecular weight is 509 g/mol. The molecule has 2 heterocycles. The number of carbonyl (C=O) groups is 2. The molecule has 0 saturated carbocycles. The van der Waals surface area contributed by atoms with Gasteiger partial charge in [0.1, 0.15) is 0 Å². The van der Waals surface area contributed by atoms with Gasteiger partial charge in [0, 0.05) is 67.0 Å². The van der Waals surface area contributed by atoms with E-state index in [9.17, 15) is 9.59 Å². The first-order valence-corrected chi connectivity index (χ1v) is 13.9. The molecule has 2 amide bonds. The van der Waals surface area contributed by atoms with Gasteiger partial charge in [-0.15, -0.1) is 0 Å². The lowest BCUT2D eigenvalue weighted by Gasteiger charge is -2.47. The van der Waals surface area contributed by atoms with Crippen LogP contribution in [-0.2, 0) is 9.59 Å². The largest absolute Gasteiger partial charge is 0.351 e. The van der Waals surface area contributed by atoms with E-state index in [1.165, 1.54) is 0 Å². The zero-order chi connectivity index (χ0) is 27.5. The predicted octanol–water partition coefficient (Wildman–Crippen LogP) is 2.43. The highest BCUT2D eigenvalue weighted by Crippen LogP contribution is 2.34. The van der Waals surface area contributed by atoms with Crippen molar-refractivity contribution >= 4 is 11.8 Å². The van der Waals surface area contributed by atoms with Crippen LogP contribution in [0.4, 0.5) is 0 Å². The molecular formula is C28H56N6O2. The number of rotatable bonds is 8. The van der Waals surface area contributed by atoms with Gasteiger partial charge in [-0.1, -0.05) is 0 Å². The summed E-state index contributed by atoms with van der Waals surface area (Å²) >= 11 is 0. The fourth-order valence-electron chi connectivity index (χ4n) is 5.38. The molecule has 8 heteroatoms. The van der Waals surface area contributed by atoms with E-state index < -0.39 is 0 Å². The van der Waals surface area contributed by atoms with Crippen molar-refractivity contribution in [1.82, 2.24) is 30.7 Å². The average Bonchev–Trinajstić information content (AvgIpc) is 3.11. The van der Waals surface area contributed by atoms with Crippen LogP contribution >= 0.6 is 0 Å². The Balaban J connectivity index is 1.94. The van der Waals surface area contributed by atoms with Gasteiger partial charge in [0.25, 0.3) is 0 Å². The van der Waals surface area contributed by atoms with Crippen molar-refractivity contribution in [2.75, 3.05) is 45.8 Å². The van der Waals surface area contributed by atoms with Crippen molar-refractivity contribution in [3.63, 3.8) is 0 Å². The van der Waals surface area contributed by atoms with Crippen LogP contribution in [-0.4, -0.2) is 107 Å². The molecule has 2 rings (SSSR count). The summed E-state index contributed by atoms with van der Waals surface area (Å²) in [7, 11) is 0. The Hall–Kier alpha value is -1.22. The number of hydrogen-bond acceptors (Lipinski definition) is 6. The van der Waals surface area contributed by atoms with Crippen LogP contribution in [0.2, 0.25) is 0 Å². The normalized spacial score (nSPS) is 23.2. The minimum Gasteiger partial charge on any atom is -0.351 e. The highest BCUT2D eigenvalue weighted by atomic mass is 16.2. The highest BCUT2D eigenvalue weighted by molar-refractivity contribution is 5.78. The van der Waals surface area contributed by atoms with Gasteiger partial charge >= 0.3 is 0 Å². The zero-order valence-electron chi connectivity index (χ0n) is 25.2. The third-order valence-corrected chi connectivity index (χ3v) is 7.41. The second-order valence-electron chi connectivity index (χ2n) is 14.6. The Labute approximate surface area is 221 Å². The van der Waals surface area contributed by atoms with E-state index in [-0.39, 0.29) is 40.0 Å². The molecule has 2 saturated heterocycles. The molecule has 8 nitrogen and oxygen atoms in total. The number of likely N-dealkylation sites (tertiary alicyclic amines) is 1. The SMILES string of the molecule is CC(C)(C)NCC(=O)N[C@@H]1CC(CC(C)(C)N2CCN(C(=O)CNC(C)(C)C)CC2)N(C(C)(C)C)C1. The quantitative estimate of drug-likeness (QED) is 0.467. The van der Waals surface area contributed by atoms with E-state index >= 15 is 0 Å². The predicted molar refractivity (Wildman–Crippen MR) is 149 cm³/mol. The Kier molecular flexibility index (Phi) is 10.0. The minimum atomic E-state index is -0.0746. The molecule has 0 aromatic rings. The second-order valence-corrected chi connectivity index (χ2v) is 14.6. The number of nitrogens with zero attached hydrogens (tertiary/aromatic N) is 3. The first-order valence-electron chi connectivity index (χ1n) is 13.9. The first kappa shape index (κ1) is 31.0. The lowest BCUT2D eigenvalue weighted by molar-refractivity contribution is -0.133. The maximum atomic E-state index is 12.7. The van der Waals surface area contributed by atoms with Gasteiger partial charge in [0.15, 0.2) is 0 Å². The molecule has 0 radical (unpaired) electrons. The third kappa shape index (κ3) is 9.92. The van der Waals surface area contributed by atoms with Crippen molar-refractivity contribution in [2.45, 2.75) is 123 Å². The van der Waals surface area contributed by atoms with Gasteiger partial charge in [0.05, 0.1) is 13.1 Å². The fraction of sp³-hybridized carbons (Fsp3) is 0.929. The molecule has 3 N–H and O–H groups in total. The summed E-state index contributed by atoms with van der Waals surface area (Å²) in [6, 6.07) is 0.570. The maximum absolute atomic E-state index is 12.7. The second kappa shape index (κ2) is 11.7. The van der Waals surface area contributed by atoms with Crippen LogP contribution in [0.15, 0.2) is 0 Å². The molecule has 0 aliphatic carbocycles. The molecule has 2 fully saturated rings. The number of piperazine rings is 1. The topological polar surface area (TPSA) is 80.0 Å². The van der Waals surface area contributed by atoms with E-state index in [4.69, 9.17) is 0 Å². The van der Waals surface area contributed by atoms with Crippen molar-refractivity contribution in [3.05, 3.63) is 0 Å². The van der Waals surface area contributed by atoms with Crippen molar-refractivity contribution in [3.8, 4) is 0 Å². The van der Waals surface area contributed by atoms with Gasteiger partial charge in [-0.2, -0.15) is 0 Å². The lowest BCUT2D eigenvalue weighted by atomic mass is 9.89. The van der Waals surface area contributed by atoms with Crippen LogP contribution in [0.3, 0.4) is 0 Å². The monoisotopic (exact) mass is 508 g/mol. The van der Waals surface area contributed by atoms with Crippen molar-refractivity contribution < 1.29 is 9.59 Å². The lowest BCUT2D eigenvalue weighted by Crippen LogP contribution is -2.58. The molecular weight excluding hydrogens is 452 g/mol. The van der Waals surface area contributed by atoms with E-state index in [1.807, 2.05) is 4.90 Å². The number of nitrogens with one attached hydrogen (secondary N) is 3. The summed E-state index contributed by atoms with van der Waals surface area (Å²) < 4.78 is 0. The van der Waals surface area contributed by atoms with Gasteiger partial charge in [-0.3, -0.25) is 19.4 Å². The van der Waals surface area contributed by atoms with Crippen LogP contribution in [0.1, 0.15) is 89.0 Å².